The molecule has 0 spiro atoms. The van der Waals surface area contributed by atoms with Crippen molar-refractivity contribution >= 4 is 27.5 Å². The highest BCUT2D eigenvalue weighted by Crippen LogP contribution is 2.24. The van der Waals surface area contributed by atoms with Crippen LogP contribution in [0.5, 0.6) is 0 Å². The van der Waals surface area contributed by atoms with E-state index in [1.807, 2.05) is 4.72 Å². The molecule has 1 aliphatic heterocycles. The summed E-state index contributed by atoms with van der Waals surface area (Å²) < 4.78 is 59.8. The zero-order valence-corrected chi connectivity index (χ0v) is 17.3. The molecule has 2 aromatic carbocycles. The van der Waals surface area contributed by atoms with Gasteiger partial charge >= 0.3 is 5.97 Å². The van der Waals surface area contributed by atoms with Gasteiger partial charge in [0.1, 0.15) is 17.2 Å². The minimum Gasteiger partial charge on any atom is -0.477 e. The fourth-order valence-electron chi connectivity index (χ4n) is 3.39. The number of hydrogen-bond acceptors (Lipinski definition) is 5. The molecule has 1 heterocycles. The maximum absolute atomic E-state index is 13.8. The number of anilines is 1. The second-order valence-corrected chi connectivity index (χ2v) is 8.95. The number of halogens is 2. The number of benzene rings is 2. The Labute approximate surface area is 178 Å². The lowest BCUT2D eigenvalue weighted by molar-refractivity contribution is 0.0619. The van der Waals surface area contributed by atoms with E-state index in [1.165, 1.54) is 24.3 Å². The predicted octanol–water partition coefficient (Wildman–Crippen LogP) is 3.85. The maximum atomic E-state index is 13.8. The number of ether oxygens (including phenoxy) is 1. The van der Waals surface area contributed by atoms with Crippen molar-refractivity contribution in [1.29, 1.82) is 0 Å². The van der Waals surface area contributed by atoms with Gasteiger partial charge in [-0.15, -0.1) is 0 Å². The first-order valence-corrected chi connectivity index (χ1v) is 11.1. The molecule has 2 N–H and O–H groups in total. The number of sulfonamides is 1. The molecule has 0 atom stereocenters. The molecule has 0 aromatic heterocycles. The number of ketones is 1. The minimum absolute atomic E-state index is 0.100. The van der Waals surface area contributed by atoms with E-state index >= 15 is 0 Å². The molecule has 1 aliphatic rings. The van der Waals surface area contributed by atoms with Crippen LogP contribution in [-0.4, -0.2) is 38.5 Å². The molecule has 1 saturated heterocycles. The van der Waals surface area contributed by atoms with Crippen LogP contribution < -0.4 is 4.72 Å². The van der Waals surface area contributed by atoms with E-state index in [1.54, 1.807) is 0 Å². The SMILES string of the molecule is O=C(CCC1CCOCC1)c1ccc(S(=O)(=O)Nc2cc(F)c(C(=O)O)c(F)c2)cc1. The fourth-order valence-corrected chi connectivity index (χ4v) is 4.43. The van der Waals surface area contributed by atoms with Crippen LogP contribution in [0.15, 0.2) is 41.3 Å². The van der Waals surface area contributed by atoms with Crippen molar-refractivity contribution in [1.82, 2.24) is 0 Å². The van der Waals surface area contributed by atoms with Crippen molar-refractivity contribution in [3.05, 3.63) is 59.2 Å². The summed E-state index contributed by atoms with van der Waals surface area (Å²) in [6.07, 6.45) is 2.94. The van der Waals surface area contributed by atoms with Crippen LogP contribution in [0.4, 0.5) is 14.5 Å². The highest BCUT2D eigenvalue weighted by Gasteiger charge is 2.21. The van der Waals surface area contributed by atoms with Crippen LogP contribution >= 0.6 is 0 Å². The molecule has 1 fully saturated rings. The Bertz CT molecular complexity index is 1060. The Morgan fingerprint density at radius 1 is 1.06 bits per heavy atom. The predicted molar refractivity (Wildman–Crippen MR) is 108 cm³/mol. The van der Waals surface area contributed by atoms with Crippen LogP contribution in [0.3, 0.4) is 0 Å². The van der Waals surface area contributed by atoms with Crippen molar-refractivity contribution in [3.63, 3.8) is 0 Å². The molecule has 31 heavy (non-hydrogen) atoms. The molecule has 166 valence electrons. The Hall–Kier alpha value is -2.85. The summed E-state index contributed by atoms with van der Waals surface area (Å²) in [5.41, 5.74) is -1.27. The second kappa shape index (κ2) is 9.52. The summed E-state index contributed by atoms with van der Waals surface area (Å²) in [5, 5.41) is 8.78. The lowest BCUT2D eigenvalue weighted by Gasteiger charge is -2.21. The molecule has 10 heteroatoms. The molecule has 0 bridgehead atoms. The third kappa shape index (κ3) is 5.65. The Balaban J connectivity index is 1.68. The molecule has 0 unspecified atom stereocenters. The van der Waals surface area contributed by atoms with Gasteiger partial charge in [-0.3, -0.25) is 9.52 Å². The van der Waals surface area contributed by atoms with Crippen LogP contribution in [0.2, 0.25) is 0 Å². The smallest absolute Gasteiger partial charge is 0.341 e. The fraction of sp³-hybridized carbons (Fsp3) is 0.333. The monoisotopic (exact) mass is 453 g/mol. The van der Waals surface area contributed by atoms with E-state index in [-0.39, 0.29) is 10.7 Å². The zero-order chi connectivity index (χ0) is 22.6. The van der Waals surface area contributed by atoms with Gasteiger partial charge in [0.15, 0.2) is 5.78 Å². The summed E-state index contributed by atoms with van der Waals surface area (Å²) in [6.45, 7) is 1.40. The number of carboxylic acid groups (broad SMARTS) is 1. The van der Waals surface area contributed by atoms with Crippen molar-refractivity contribution in [2.45, 2.75) is 30.6 Å². The highest BCUT2D eigenvalue weighted by atomic mass is 32.2. The Kier molecular flexibility index (Phi) is 7.01. The van der Waals surface area contributed by atoms with Gasteiger partial charge in [-0.05, 0) is 49.4 Å². The van der Waals surface area contributed by atoms with E-state index in [4.69, 9.17) is 9.84 Å². The third-order valence-electron chi connectivity index (χ3n) is 5.12. The summed E-state index contributed by atoms with van der Waals surface area (Å²) in [5.74, 6) is -4.28. The summed E-state index contributed by atoms with van der Waals surface area (Å²) in [6, 6.07) is 6.38. The van der Waals surface area contributed by atoms with Crippen LogP contribution in [-0.2, 0) is 14.8 Å². The first-order chi connectivity index (χ1) is 14.7. The first kappa shape index (κ1) is 22.8. The van der Waals surface area contributed by atoms with Crippen molar-refractivity contribution in [2.75, 3.05) is 17.9 Å². The van der Waals surface area contributed by atoms with Crippen LogP contribution in [0.1, 0.15) is 46.4 Å². The molecule has 0 saturated carbocycles. The summed E-state index contributed by atoms with van der Waals surface area (Å²) >= 11 is 0. The summed E-state index contributed by atoms with van der Waals surface area (Å²) in [7, 11) is -4.21. The normalized spacial score (nSPS) is 14.9. The van der Waals surface area contributed by atoms with Gasteiger partial charge in [0.05, 0.1) is 10.6 Å². The van der Waals surface area contributed by atoms with Gasteiger partial charge in [0, 0.05) is 25.2 Å². The van der Waals surface area contributed by atoms with E-state index < -0.39 is 38.9 Å². The largest absolute Gasteiger partial charge is 0.477 e. The first-order valence-electron chi connectivity index (χ1n) is 9.63. The van der Waals surface area contributed by atoms with Crippen LogP contribution in [0, 0.1) is 17.6 Å². The number of hydrogen-bond donors (Lipinski definition) is 2. The molecule has 2 aromatic rings. The van der Waals surface area contributed by atoms with E-state index in [2.05, 4.69) is 0 Å². The minimum atomic E-state index is -4.21. The maximum Gasteiger partial charge on any atom is 0.341 e. The van der Waals surface area contributed by atoms with Crippen LogP contribution in [0.25, 0.3) is 0 Å². The average molecular weight is 453 g/mol. The third-order valence-corrected chi connectivity index (χ3v) is 6.51. The van der Waals surface area contributed by atoms with Gasteiger partial charge in [-0.1, -0.05) is 12.1 Å². The van der Waals surface area contributed by atoms with E-state index in [0.29, 0.717) is 43.2 Å². The number of aromatic carboxylic acids is 1. The lowest BCUT2D eigenvalue weighted by atomic mass is 9.92. The van der Waals surface area contributed by atoms with Crippen molar-refractivity contribution in [3.8, 4) is 0 Å². The Morgan fingerprint density at radius 2 is 1.65 bits per heavy atom. The molecular formula is C21H21F2NO6S. The molecule has 7 nitrogen and oxygen atoms in total. The standard InChI is InChI=1S/C21H21F2NO6S/c22-17-11-15(12-18(23)20(17)21(26)27)24-31(28,29)16-4-2-14(3-5-16)19(25)6-1-13-7-9-30-10-8-13/h2-5,11-13,24H,1,6-10H2,(H,26,27). The quantitative estimate of drug-likeness (QED) is 0.588. The molecular weight excluding hydrogens is 432 g/mol. The van der Waals surface area contributed by atoms with Gasteiger partial charge < -0.3 is 9.84 Å². The topological polar surface area (TPSA) is 110 Å². The van der Waals surface area contributed by atoms with E-state index in [0.717, 1.165) is 19.3 Å². The number of rotatable bonds is 8. The molecule has 3 rings (SSSR count). The summed E-state index contributed by atoms with van der Waals surface area (Å²) in [4.78, 5) is 23.0. The Morgan fingerprint density at radius 3 is 2.19 bits per heavy atom. The van der Waals surface area contributed by atoms with Crippen molar-refractivity contribution < 1.29 is 36.6 Å². The second-order valence-electron chi connectivity index (χ2n) is 7.27. The number of carbonyl (C=O) groups excluding carboxylic acids is 1. The number of carboxylic acids is 1. The number of carbonyl (C=O) groups is 2. The number of nitrogens with one attached hydrogen (secondary N) is 1. The van der Waals surface area contributed by atoms with Gasteiger partial charge in [-0.2, -0.15) is 0 Å². The van der Waals surface area contributed by atoms with Gasteiger partial charge in [0.2, 0.25) is 0 Å². The van der Waals surface area contributed by atoms with Gasteiger partial charge in [-0.25, -0.2) is 22.0 Å². The molecule has 0 radical (unpaired) electrons. The average Bonchev–Trinajstić information content (AvgIpc) is 2.71. The number of Topliss-reactive ketones (excluding diaryl/α,β-unsaturated/α-hetero) is 1. The van der Waals surface area contributed by atoms with Gasteiger partial charge in [0.25, 0.3) is 10.0 Å². The van der Waals surface area contributed by atoms with E-state index in [9.17, 15) is 26.8 Å². The zero-order valence-electron chi connectivity index (χ0n) is 16.4. The lowest BCUT2D eigenvalue weighted by Crippen LogP contribution is -2.17. The van der Waals surface area contributed by atoms with Crippen molar-refractivity contribution in [2.24, 2.45) is 5.92 Å². The highest BCUT2D eigenvalue weighted by molar-refractivity contribution is 7.92. The molecule has 0 amide bonds. The molecule has 0 aliphatic carbocycles.